The summed E-state index contributed by atoms with van der Waals surface area (Å²) in [5.74, 6) is -7.28. The number of hydrazine groups is 1. The van der Waals surface area contributed by atoms with Crippen molar-refractivity contribution >= 4 is 52.6 Å². The molecule has 4 amide bonds. The number of aromatic nitrogens is 1. The lowest BCUT2D eigenvalue weighted by Gasteiger charge is -2.50. The fourth-order valence-corrected chi connectivity index (χ4v) is 11.0. The van der Waals surface area contributed by atoms with Gasteiger partial charge in [0.05, 0.1) is 40.9 Å². The van der Waals surface area contributed by atoms with Crippen LogP contribution in [0.25, 0.3) is 0 Å². The monoisotopic (exact) mass is 873 g/mol. The van der Waals surface area contributed by atoms with E-state index in [4.69, 9.17) is 27.9 Å². The second-order valence-corrected chi connectivity index (χ2v) is 17.2. The normalized spacial score (nSPS) is 26.9. The molecule has 4 aromatic rings. The predicted molar refractivity (Wildman–Crippen MR) is 218 cm³/mol. The number of nitrogens with zero attached hydrogens (tertiary/aromatic N) is 4. The number of anilines is 1. The third kappa shape index (κ3) is 6.65. The van der Waals surface area contributed by atoms with Crippen LogP contribution in [0.3, 0.4) is 0 Å². The first kappa shape index (κ1) is 40.9. The topological polar surface area (TPSA) is 132 Å². The smallest absolute Gasteiger partial charge is 0.417 e. The Labute approximate surface area is 359 Å². The fraction of sp³-hybridized carbons (Fsp3) is 0.356. The van der Waals surface area contributed by atoms with Crippen molar-refractivity contribution in [3.8, 4) is 11.5 Å². The van der Waals surface area contributed by atoms with Crippen molar-refractivity contribution in [2.24, 2.45) is 23.7 Å². The Balaban J connectivity index is 1.13. The summed E-state index contributed by atoms with van der Waals surface area (Å²) < 4.78 is 46.5. The van der Waals surface area contributed by atoms with Crippen molar-refractivity contribution in [1.82, 2.24) is 19.8 Å². The van der Waals surface area contributed by atoms with Gasteiger partial charge in [0.25, 0.3) is 11.8 Å². The highest BCUT2D eigenvalue weighted by Gasteiger charge is 2.71. The molecule has 0 radical (unpaired) electrons. The van der Waals surface area contributed by atoms with Gasteiger partial charge in [-0.05, 0) is 73.1 Å². The zero-order chi connectivity index (χ0) is 43.0. The first-order valence-corrected chi connectivity index (χ1v) is 20.8. The number of carbonyl (C=O) groups is 4. The quantitative estimate of drug-likeness (QED) is 0.135. The Morgan fingerprint density at radius 1 is 0.918 bits per heavy atom. The number of fused-ring (bicyclic) bond motifs is 4. The SMILES string of the molecule is COc1cccc(O)c1[C@H]1C2=CC[C@@H]3C(=O)N(C4CCN(Cc5ccccc5)CC4)C(=O)[C@@H]3[C@@H]2C[C@H]2C(=O)N(Nc3ncc(C(F)(F)F)cc3Cl)C(=O)[C@@]12c1ccc(Cl)cc1. The molecular weight excluding hydrogens is 834 g/mol. The highest BCUT2D eigenvalue weighted by molar-refractivity contribution is 6.33. The summed E-state index contributed by atoms with van der Waals surface area (Å²) in [6.45, 7) is 2.14. The van der Waals surface area contributed by atoms with E-state index in [0.29, 0.717) is 59.4 Å². The van der Waals surface area contributed by atoms with E-state index in [-0.39, 0.29) is 53.6 Å². The van der Waals surface area contributed by atoms with Crippen LogP contribution in [0.4, 0.5) is 19.0 Å². The molecule has 5 aliphatic rings. The van der Waals surface area contributed by atoms with E-state index in [1.54, 1.807) is 36.4 Å². The number of amides is 4. The second-order valence-electron chi connectivity index (χ2n) is 16.4. The number of hydrogen-bond acceptors (Lipinski definition) is 9. The van der Waals surface area contributed by atoms with Crippen LogP contribution in [0.1, 0.15) is 53.9 Å². The number of piperidine rings is 1. The van der Waals surface area contributed by atoms with Crippen LogP contribution < -0.4 is 10.2 Å². The van der Waals surface area contributed by atoms with Gasteiger partial charge in [0.15, 0.2) is 5.82 Å². The third-order valence-electron chi connectivity index (χ3n) is 13.3. The Kier molecular flexibility index (Phi) is 10.4. The number of likely N-dealkylation sites (tertiary alicyclic amines) is 2. The number of imide groups is 2. The lowest BCUT2D eigenvalue weighted by atomic mass is 9.49. The molecule has 2 aliphatic carbocycles. The van der Waals surface area contributed by atoms with Gasteiger partial charge in [-0.15, -0.1) is 0 Å². The Morgan fingerprint density at radius 2 is 1.64 bits per heavy atom. The summed E-state index contributed by atoms with van der Waals surface area (Å²) in [4.78, 5) is 67.4. The van der Waals surface area contributed by atoms with Gasteiger partial charge in [0.1, 0.15) is 11.5 Å². The van der Waals surface area contributed by atoms with Crippen molar-refractivity contribution in [2.75, 3.05) is 25.6 Å². The number of alkyl halides is 3. The van der Waals surface area contributed by atoms with Crippen LogP contribution in [0.5, 0.6) is 11.5 Å². The third-order valence-corrected chi connectivity index (χ3v) is 13.9. The van der Waals surface area contributed by atoms with Gasteiger partial charge in [-0.3, -0.25) is 34.4 Å². The van der Waals surface area contributed by atoms with E-state index >= 15 is 9.59 Å². The standard InChI is InChI=1S/C45H40Cl2F3N5O6/c1-61-35-9-5-8-34(56)37(35)38-29-14-15-30-36(42(59)54(40(30)57)28-16-18-53(19-17-28)23-24-6-3-2-4-7-24)31(29)21-32-41(58)55(43(60)44(32,38)25-10-12-27(46)13-11-25)52-39-33(47)20-26(22-51-39)45(48,49)50/h2-14,20,22,28,30-32,36,38,56H,15-19,21,23H2,1H3,(H,51,52)/t30-,31+,32-,36-,38+,44+/m0/s1. The molecule has 1 aromatic heterocycles. The Bertz CT molecular complexity index is 2460. The van der Waals surface area contributed by atoms with Gasteiger partial charge < -0.3 is 9.84 Å². The van der Waals surface area contributed by atoms with Gasteiger partial charge in [-0.2, -0.15) is 18.2 Å². The van der Waals surface area contributed by atoms with Crippen molar-refractivity contribution in [1.29, 1.82) is 0 Å². The number of phenolic OH excluding ortho intramolecular Hbond substituents is 1. The molecule has 316 valence electrons. The molecule has 4 heterocycles. The molecule has 3 saturated heterocycles. The molecule has 2 N–H and O–H groups in total. The number of pyridine rings is 1. The number of ether oxygens (including phenoxy) is 1. The number of benzene rings is 3. The van der Waals surface area contributed by atoms with Crippen LogP contribution in [0.15, 0.2) is 96.7 Å². The summed E-state index contributed by atoms with van der Waals surface area (Å²) in [6.07, 6.45) is -1.03. The molecule has 3 aliphatic heterocycles. The van der Waals surface area contributed by atoms with E-state index in [2.05, 4.69) is 27.4 Å². The molecule has 0 spiro atoms. The fourth-order valence-electron chi connectivity index (χ4n) is 10.7. The van der Waals surface area contributed by atoms with E-state index in [1.807, 2.05) is 24.3 Å². The molecule has 6 atom stereocenters. The highest BCUT2D eigenvalue weighted by Crippen LogP contribution is 2.66. The van der Waals surface area contributed by atoms with Crippen molar-refractivity contribution in [3.05, 3.63) is 129 Å². The van der Waals surface area contributed by atoms with Crippen LogP contribution >= 0.6 is 23.2 Å². The summed E-state index contributed by atoms with van der Waals surface area (Å²) in [5.41, 5.74) is 1.95. The maximum Gasteiger partial charge on any atom is 0.417 e. The van der Waals surface area contributed by atoms with Crippen molar-refractivity contribution in [2.45, 2.75) is 55.8 Å². The molecule has 16 heteroatoms. The van der Waals surface area contributed by atoms with Gasteiger partial charge in [0, 0.05) is 48.4 Å². The highest BCUT2D eigenvalue weighted by atomic mass is 35.5. The summed E-state index contributed by atoms with van der Waals surface area (Å²) in [7, 11) is 1.41. The van der Waals surface area contributed by atoms with Gasteiger partial charge >= 0.3 is 6.18 Å². The molecular formula is C45H40Cl2F3N5O6. The maximum atomic E-state index is 15.5. The first-order chi connectivity index (χ1) is 29.2. The zero-order valence-corrected chi connectivity index (χ0v) is 34.3. The lowest BCUT2D eigenvalue weighted by molar-refractivity contribution is -0.144. The number of aromatic hydroxyl groups is 1. The van der Waals surface area contributed by atoms with E-state index in [1.165, 1.54) is 23.6 Å². The molecule has 0 bridgehead atoms. The average Bonchev–Trinajstić information content (AvgIpc) is 3.62. The largest absolute Gasteiger partial charge is 0.508 e. The summed E-state index contributed by atoms with van der Waals surface area (Å²) in [6, 6.07) is 21.4. The molecule has 9 rings (SSSR count). The van der Waals surface area contributed by atoms with Gasteiger partial charge in [-0.1, -0.05) is 83.4 Å². The number of nitrogens with one attached hydrogen (secondary N) is 1. The first-order valence-electron chi connectivity index (χ1n) is 20.1. The molecule has 4 fully saturated rings. The number of phenols is 1. The average molecular weight is 875 g/mol. The van der Waals surface area contributed by atoms with Crippen LogP contribution in [0, 0.1) is 23.7 Å². The summed E-state index contributed by atoms with van der Waals surface area (Å²) in [5, 5.41) is 12.3. The predicted octanol–water partition coefficient (Wildman–Crippen LogP) is 7.77. The summed E-state index contributed by atoms with van der Waals surface area (Å²) >= 11 is 12.7. The Morgan fingerprint density at radius 3 is 2.31 bits per heavy atom. The minimum absolute atomic E-state index is 0.0542. The van der Waals surface area contributed by atoms with E-state index in [9.17, 15) is 27.9 Å². The lowest BCUT2D eigenvalue weighted by Crippen LogP contribution is -2.53. The van der Waals surface area contributed by atoms with E-state index in [0.717, 1.165) is 6.54 Å². The molecule has 0 unspecified atom stereocenters. The second kappa shape index (κ2) is 15.5. The molecule has 11 nitrogen and oxygen atoms in total. The molecule has 61 heavy (non-hydrogen) atoms. The Hall–Kier alpha value is -5.44. The minimum Gasteiger partial charge on any atom is -0.508 e. The number of methoxy groups -OCH3 is 1. The van der Waals surface area contributed by atoms with Crippen molar-refractivity contribution in [3.63, 3.8) is 0 Å². The van der Waals surface area contributed by atoms with Crippen LogP contribution in [0.2, 0.25) is 10.0 Å². The van der Waals surface area contributed by atoms with Crippen molar-refractivity contribution < 1.29 is 42.2 Å². The number of rotatable bonds is 8. The van der Waals surface area contributed by atoms with Gasteiger partial charge in [0.2, 0.25) is 11.8 Å². The number of allylic oxidation sites excluding steroid dienone is 2. The molecule has 3 aromatic carbocycles. The zero-order valence-electron chi connectivity index (χ0n) is 32.7. The number of hydrogen-bond donors (Lipinski definition) is 2. The van der Waals surface area contributed by atoms with Crippen LogP contribution in [-0.2, 0) is 37.3 Å². The maximum absolute atomic E-state index is 15.5. The van der Waals surface area contributed by atoms with E-state index < -0.39 is 63.6 Å². The number of carbonyl (C=O) groups excluding carboxylic acids is 4. The van der Waals surface area contributed by atoms with Gasteiger partial charge in [-0.25, -0.2) is 4.98 Å². The molecule has 1 saturated carbocycles. The van der Waals surface area contributed by atoms with Crippen LogP contribution in [-0.4, -0.2) is 74.8 Å². The number of halogens is 5. The minimum atomic E-state index is -4.76.